The first kappa shape index (κ1) is 15.7. The molecule has 20 heavy (non-hydrogen) atoms. The summed E-state index contributed by atoms with van der Waals surface area (Å²) in [4.78, 5) is 35.9. The molecule has 0 radical (unpaired) electrons. The molecule has 0 fully saturated rings. The summed E-state index contributed by atoms with van der Waals surface area (Å²) in [5.41, 5.74) is 2.01. The molecule has 0 aliphatic carbocycles. The Bertz CT molecular complexity index is 468. The Morgan fingerprint density at radius 3 is 1.85 bits per heavy atom. The van der Waals surface area contributed by atoms with Gasteiger partial charge in [0.05, 0.1) is 12.7 Å². The Morgan fingerprint density at radius 2 is 1.50 bits per heavy atom. The molecule has 0 N–H and O–H groups in total. The van der Waals surface area contributed by atoms with E-state index in [0.717, 1.165) is 11.1 Å². The summed E-state index contributed by atoms with van der Waals surface area (Å²) in [5.74, 6) is -0.449. The molecule has 0 unspecified atom stereocenters. The lowest BCUT2D eigenvalue weighted by atomic mass is 10.0. The standard InChI is InChI=1S/C14H18N2O4/c1-15(9-17)7-11-4-12(8-16(2)10-18)6-13(5-11)14(19)20-3/h4-6,9-10H,7-8H2,1-3H3. The number of nitrogens with zero attached hydrogens (tertiary/aromatic N) is 2. The third-order valence-corrected chi connectivity index (χ3v) is 2.70. The molecule has 0 bridgehead atoms. The number of hydrogen-bond donors (Lipinski definition) is 0. The van der Waals surface area contributed by atoms with E-state index in [9.17, 15) is 14.4 Å². The van der Waals surface area contributed by atoms with Gasteiger partial charge in [0.1, 0.15) is 0 Å². The summed E-state index contributed by atoms with van der Waals surface area (Å²) in [6.07, 6.45) is 1.42. The van der Waals surface area contributed by atoms with Crippen molar-refractivity contribution in [2.45, 2.75) is 13.1 Å². The molecule has 0 atom stereocenters. The normalized spacial score (nSPS) is 9.75. The van der Waals surface area contributed by atoms with Crippen molar-refractivity contribution in [2.24, 2.45) is 0 Å². The number of benzene rings is 1. The quantitative estimate of drug-likeness (QED) is 0.542. The van der Waals surface area contributed by atoms with E-state index < -0.39 is 5.97 Å². The fraction of sp³-hybridized carbons (Fsp3) is 0.357. The number of ether oxygens (including phenoxy) is 1. The molecule has 1 rings (SSSR count). The smallest absolute Gasteiger partial charge is 0.337 e. The molecule has 0 saturated carbocycles. The lowest BCUT2D eigenvalue weighted by Crippen LogP contribution is -2.18. The molecule has 1 aromatic rings. The molecule has 0 spiro atoms. The first-order valence-corrected chi connectivity index (χ1v) is 6.02. The van der Waals surface area contributed by atoms with E-state index in [2.05, 4.69) is 0 Å². The van der Waals surface area contributed by atoms with Gasteiger partial charge < -0.3 is 14.5 Å². The largest absolute Gasteiger partial charge is 0.465 e. The second kappa shape index (κ2) is 7.28. The molecule has 0 aliphatic heterocycles. The molecule has 2 amide bonds. The van der Waals surface area contributed by atoms with E-state index in [1.165, 1.54) is 16.9 Å². The maximum Gasteiger partial charge on any atom is 0.337 e. The molecular formula is C14H18N2O4. The average Bonchev–Trinajstić information content (AvgIpc) is 2.45. The van der Waals surface area contributed by atoms with E-state index in [1.54, 1.807) is 26.2 Å². The molecular weight excluding hydrogens is 260 g/mol. The van der Waals surface area contributed by atoms with Gasteiger partial charge in [-0.3, -0.25) is 9.59 Å². The van der Waals surface area contributed by atoms with Crippen molar-refractivity contribution in [1.29, 1.82) is 0 Å². The SMILES string of the molecule is COC(=O)c1cc(CN(C)C=O)cc(CN(C)C=O)c1. The van der Waals surface area contributed by atoms with Gasteiger partial charge in [-0.25, -0.2) is 4.79 Å². The van der Waals surface area contributed by atoms with Crippen LogP contribution in [-0.2, 0) is 27.4 Å². The van der Waals surface area contributed by atoms with Crippen LogP contribution in [0.3, 0.4) is 0 Å². The van der Waals surface area contributed by atoms with Gasteiger partial charge in [0, 0.05) is 27.2 Å². The summed E-state index contributed by atoms with van der Waals surface area (Å²) in [6.45, 7) is 0.762. The van der Waals surface area contributed by atoms with Crippen molar-refractivity contribution in [2.75, 3.05) is 21.2 Å². The van der Waals surface area contributed by atoms with Crippen molar-refractivity contribution in [3.63, 3.8) is 0 Å². The first-order chi connectivity index (χ1) is 9.49. The molecule has 6 nitrogen and oxygen atoms in total. The predicted octanol–water partition coefficient (Wildman–Crippen LogP) is 0.650. The van der Waals surface area contributed by atoms with Crippen LogP contribution in [0.4, 0.5) is 0 Å². The Balaban J connectivity index is 3.09. The van der Waals surface area contributed by atoms with Gasteiger partial charge in [0.2, 0.25) is 12.8 Å². The van der Waals surface area contributed by atoms with Crippen LogP contribution in [0.1, 0.15) is 21.5 Å². The Kier molecular flexibility index (Phi) is 5.71. The summed E-state index contributed by atoms with van der Waals surface area (Å²) in [7, 11) is 4.61. The van der Waals surface area contributed by atoms with Gasteiger partial charge in [-0.05, 0) is 23.3 Å². The molecule has 0 heterocycles. The Labute approximate surface area is 117 Å². The van der Waals surface area contributed by atoms with Gasteiger partial charge in [-0.15, -0.1) is 0 Å². The van der Waals surface area contributed by atoms with Crippen LogP contribution in [0.5, 0.6) is 0 Å². The zero-order chi connectivity index (χ0) is 15.1. The fourth-order valence-electron chi connectivity index (χ4n) is 1.83. The zero-order valence-electron chi connectivity index (χ0n) is 11.8. The minimum Gasteiger partial charge on any atom is -0.465 e. The van der Waals surface area contributed by atoms with Crippen LogP contribution < -0.4 is 0 Å². The summed E-state index contributed by atoms with van der Waals surface area (Å²) < 4.78 is 4.70. The highest BCUT2D eigenvalue weighted by molar-refractivity contribution is 5.89. The summed E-state index contributed by atoms with van der Waals surface area (Å²) in [5, 5.41) is 0. The predicted molar refractivity (Wildman–Crippen MR) is 72.8 cm³/mol. The molecule has 0 aromatic heterocycles. The highest BCUT2D eigenvalue weighted by Crippen LogP contribution is 2.14. The number of carbonyl (C=O) groups is 3. The maximum atomic E-state index is 11.6. The molecule has 0 saturated heterocycles. The summed E-state index contributed by atoms with van der Waals surface area (Å²) in [6, 6.07) is 5.21. The number of esters is 1. The van der Waals surface area contributed by atoms with E-state index in [0.29, 0.717) is 31.5 Å². The van der Waals surface area contributed by atoms with Crippen LogP contribution in [0.15, 0.2) is 18.2 Å². The monoisotopic (exact) mass is 278 g/mol. The minimum atomic E-state index is -0.449. The highest BCUT2D eigenvalue weighted by atomic mass is 16.5. The topological polar surface area (TPSA) is 66.9 Å². The Morgan fingerprint density at radius 1 is 1.05 bits per heavy atom. The van der Waals surface area contributed by atoms with Crippen molar-refractivity contribution in [3.05, 3.63) is 34.9 Å². The van der Waals surface area contributed by atoms with E-state index in [-0.39, 0.29) is 0 Å². The molecule has 0 aliphatic rings. The molecule has 6 heteroatoms. The number of carbonyl (C=O) groups excluding carboxylic acids is 3. The third-order valence-electron chi connectivity index (χ3n) is 2.70. The van der Waals surface area contributed by atoms with Crippen molar-refractivity contribution in [3.8, 4) is 0 Å². The first-order valence-electron chi connectivity index (χ1n) is 6.02. The second-order valence-corrected chi connectivity index (χ2v) is 4.57. The Hall–Kier alpha value is -2.37. The third kappa shape index (κ3) is 4.38. The van der Waals surface area contributed by atoms with E-state index in [1.807, 2.05) is 6.07 Å². The lowest BCUT2D eigenvalue weighted by molar-refractivity contribution is -0.118. The minimum absolute atomic E-state index is 0.381. The van der Waals surface area contributed by atoms with Gasteiger partial charge >= 0.3 is 5.97 Å². The van der Waals surface area contributed by atoms with Crippen LogP contribution in [0, 0.1) is 0 Å². The van der Waals surface area contributed by atoms with Crippen molar-refractivity contribution in [1.82, 2.24) is 9.80 Å². The lowest BCUT2D eigenvalue weighted by Gasteiger charge is -2.15. The van der Waals surface area contributed by atoms with Crippen LogP contribution in [0.25, 0.3) is 0 Å². The van der Waals surface area contributed by atoms with Gasteiger partial charge in [0.25, 0.3) is 0 Å². The van der Waals surface area contributed by atoms with Crippen molar-refractivity contribution < 1.29 is 19.1 Å². The number of methoxy groups -OCH3 is 1. The van der Waals surface area contributed by atoms with Crippen LogP contribution in [0.2, 0.25) is 0 Å². The number of rotatable bonds is 7. The summed E-state index contributed by atoms with van der Waals surface area (Å²) >= 11 is 0. The maximum absolute atomic E-state index is 11.6. The van der Waals surface area contributed by atoms with Gasteiger partial charge in [-0.1, -0.05) is 6.07 Å². The molecule has 108 valence electrons. The fourth-order valence-corrected chi connectivity index (χ4v) is 1.83. The number of hydrogen-bond acceptors (Lipinski definition) is 4. The molecule has 1 aromatic carbocycles. The van der Waals surface area contributed by atoms with Gasteiger partial charge in [0.15, 0.2) is 0 Å². The average molecular weight is 278 g/mol. The van der Waals surface area contributed by atoms with E-state index in [4.69, 9.17) is 4.74 Å². The zero-order valence-corrected chi connectivity index (χ0v) is 11.8. The van der Waals surface area contributed by atoms with Gasteiger partial charge in [-0.2, -0.15) is 0 Å². The second-order valence-electron chi connectivity index (χ2n) is 4.57. The highest BCUT2D eigenvalue weighted by Gasteiger charge is 2.10. The number of amides is 2. The van der Waals surface area contributed by atoms with Crippen LogP contribution in [-0.4, -0.2) is 49.8 Å². The van der Waals surface area contributed by atoms with Crippen molar-refractivity contribution >= 4 is 18.8 Å². The van der Waals surface area contributed by atoms with Crippen LogP contribution >= 0.6 is 0 Å². The van der Waals surface area contributed by atoms with E-state index >= 15 is 0 Å².